The first-order valence-corrected chi connectivity index (χ1v) is 6.87. The maximum atomic E-state index is 10.7. The number of Topliss-reactive ketones (excluding diaryl/α,β-unsaturated/α-hetero) is 2. The molecule has 0 N–H and O–H groups in total. The summed E-state index contributed by atoms with van der Waals surface area (Å²) in [6.07, 6.45) is 5.67. The molecule has 23 heavy (non-hydrogen) atoms. The Bertz CT molecular complexity index is 595. The highest BCUT2D eigenvalue weighted by atomic mass is 16.1. The molecule has 2 rings (SSSR count). The standard InChI is InChI=1S/C9H12NO.C8H10NO.2CH3/c1-8-5-3-4-6-10(8)7-9(2)11;1-8(10)7-9-5-3-2-4-6-9;;/h3-6H,7H2,1-2H3;2-6H,7H2,1H3;2*1H3/q2*+1;2*-1. The van der Waals surface area contributed by atoms with Gasteiger partial charge in [-0.05, 0) is 0 Å². The first kappa shape index (κ1) is 22.9. The van der Waals surface area contributed by atoms with E-state index in [-0.39, 0.29) is 26.4 Å². The highest BCUT2D eigenvalue weighted by molar-refractivity contribution is 5.74. The molecule has 0 saturated carbocycles. The number of aromatic nitrogens is 2. The van der Waals surface area contributed by atoms with E-state index in [0.717, 1.165) is 5.69 Å². The van der Waals surface area contributed by atoms with E-state index in [0.29, 0.717) is 13.1 Å². The summed E-state index contributed by atoms with van der Waals surface area (Å²) in [5.41, 5.74) is 1.11. The number of carbonyl (C=O) groups is 2. The monoisotopic (exact) mass is 316 g/mol. The number of ketones is 2. The second kappa shape index (κ2) is 12.2. The van der Waals surface area contributed by atoms with Crippen molar-refractivity contribution in [2.24, 2.45) is 0 Å². The fourth-order valence-electron chi connectivity index (χ4n) is 1.78. The fourth-order valence-corrected chi connectivity index (χ4v) is 1.78. The zero-order valence-corrected chi connectivity index (χ0v) is 14.8. The van der Waals surface area contributed by atoms with Gasteiger partial charge >= 0.3 is 0 Å². The molecule has 0 bridgehead atoms. The zero-order valence-electron chi connectivity index (χ0n) is 14.8. The summed E-state index contributed by atoms with van der Waals surface area (Å²) < 4.78 is 3.78. The molecule has 4 heteroatoms. The molecule has 2 heterocycles. The normalized spacial score (nSPS) is 8.65. The lowest BCUT2D eigenvalue weighted by Crippen LogP contribution is -2.39. The molecule has 4 nitrogen and oxygen atoms in total. The average molecular weight is 316 g/mol. The third kappa shape index (κ3) is 10.1. The SMILES string of the molecule is CC(=O)C[n+]1ccccc1.CC(=O)C[n+]1ccccc1C.[CH3-].[CH3-]. The lowest BCUT2D eigenvalue weighted by Gasteiger charge is -1.94. The van der Waals surface area contributed by atoms with Crippen molar-refractivity contribution in [1.29, 1.82) is 0 Å². The zero-order chi connectivity index (χ0) is 15.7. The molecule has 0 radical (unpaired) electrons. The summed E-state index contributed by atoms with van der Waals surface area (Å²) in [7, 11) is 0. The van der Waals surface area contributed by atoms with Gasteiger partial charge in [-0.2, -0.15) is 9.13 Å². The smallest absolute Gasteiger partial charge is 0.206 e. The molecular formula is C19H28N2O2. The number of carbonyl (C=O) groups excluding carboxylic acids is 2. The molecule has 0 aliphatic rings. The molecular weight excluding hydrogens is 288 g/mol. The van der Waals surface area contributed by atoms with Crippen LogP contribution in [-0.4, -0.2) is 11.6 Å². The van der Waals surface area contributed by atoms with Crippen molar-refractivity contribution >= 4 is 11.6 Å². The van der Waals surface area contributed by atoms with Crippen molar-refractivity contribution in [1.82, 2.24) is 0 Å². The second-order valence-corrected chi connectivity index (χ2v) is 4.92. The van der Waals surface area contributed by atoms with E-state index in [2.05, 4.69) is 0 Å². The largest absolute Gasteiger partial charge is 0.358 e. The van der Waals surface area contributed by atoms with Gasteiger partial charge in [0, 0.05) is 45.0 Å². The first-order valence-electron chi connectivity index (χ1n) is 6.87. The Balaban J connectivity index is 0. The van der Waals surface area contributed by atoms with Crippen LogP contribution < -0.4 is 9.13 Å². The third-order valence-corrected chi connectivity index (χ3v) is 2.74. The van der Waals surface area contributed by atoms with Crippen LogP contribution in [0.2, 0.25) is 0 Å². The molecule has 0 unspecified atom stereocenters. The average Bonchev–Trinajstić information content (AvgIpc) is 2.42. The summed E-state index contributed by atoms with van der Waals surface area (Å²) in [5.74, 6) is 0.362. The Morgan fingerprint density at radius 2 is 1.35 bits per heavy atom. The molecule has 0 atom stereocenters. The summed E-state index contributed by atoms with van der Waals surface area (Å²) >= 11 is 0. The summed E-state index contributed by atoms with van der Waals surface area (Å²) in [6, 6.07) is 11.6. The van der Waals surface area contributed by atoms with Crippen LogP contribution in [-0.2, 0) is 22.7 Å². The highest BCUT2D eigenvalue weighted by Crippen LogP contribution is 1.87. The molecule has 126 valence electrons. The van der Waals surface area contributed by atoms with E-state index in [1.54, 1.807) is 13.8 Å². The van der Waals surface area contributed by atoms with Crippen molar-refractivity contribution < 1.29 is 18.7 Å². The number of aryl methyl sites for hydroxylation is 1. The number of hydrogen-bond donors (Lipinski definition) is 0. The predicted octanol–water partition coefficient (Wildman–Crippen LogP) is 2.34. The lowest BCUT2D eigenvalue weighted by atomic mass is 10.3. The quantitative estimate of drug-likeness (QED) is 0.642. The molecule has 0 saturated heterocycles. The van der Waals surface area contributed by atoms with Crippen molar-refractivity contribution in [3.05, 3.63) is 75.5 Å². The van der Waals surface area contributed by atoms with Crippen molar-refractivity contribution in [3.8, 4) is 0 Å². The van der Waals surface area contributed by atoms with Crippen LogP contribution in [0, 0.1) is 21.8 Å². The Hall–Kier alpha value is -2.36. The van der Waals surface area contributed by atoms with Gasteiger partial charge in [0.05, 0.1) is 0 Å². The lowest BCUT2D eigenvalue weighted by molar-refractivity contribution is -0.690. The number of pyridine rings is 2. The number of hydrogen-bond acceptors (Lipinski definition) is 2. The minimum Gasteiger partial charge on any atom is -0.358 e. The van der Waals surface area contributed by atoms with Crippen molar-refractivity contribution in [2.75, 3.05) is 0 Å². The van der Waals surface area contributed by atoms with Gasteiger partial charge in [0.15, 0.2) is 35.9 Å². The van der Waals surface area contributed by atoms with E-state index in [9.17, 15) is 9.59 Å². The van der Waals surface area contributed by atoms with Gasteiger partial charge in [0.1, 0.15) is 0 Å². The minimum atomic E-state index is 0. The Morgan fingerprint density at radius 1 is 0.826 bits per heavy atom. The fraction of sp³-hybridized carbons (Fsp3) is 0.263. The van der Waals surface area contributed by atoms with Gasteiger partial charge in [-0.1, -0.05) is 12.1 Å². The van der Waals surface area contributed by atoms with Gasteiger partial charge < -0.3 is 14.9 Å². The maximum absolute atomic E-state index is 10.7. The molecule has 0 aliphatic carbocycles. The van der Waals surface area contributed by atoms with Crippen LogP contribution in [0.1, 0.15) is 19.5 Å². The molecule has 0 amide bonds. The molecule has 2 aromatic heterocycles. The van der Waals surface area contributed by atoms with Gasteiger partial charge in [-0.3, -0.25) is 9.59 Å². The Morgan fingerprint density at radius 3 is 1.83 bits per heavy atom. The molecule has 2 aromatic rings. The van der Waals surface area contributed by atoms with E-state index < -0.39 is 0 Å². The molecule has 0 spiro atoms. The van der Waals surface area contributed by atoms with Crippen molar-refractivity contribution in [3.63, 3.8) is 0 Å². The van der Waals surface area contributed by atoms with E-state index >= 15 is 0 Å². The van der Waals surface area contributed by atoms with Crippen molar-refractivity contribution in [2.45, 2.75) is 33.9 Å². The van der Waals surface area contributed by atoms with Gasteiger partial charge in [0.2, 0.25) is 13.1 Å². The van der Waals surface area contributed by atoms with Gasteiger partial charge in [-0.25, -0.2) is 0 Å². The molecule has 0 aromatic carbocycles. The van der Waals surface area contributed by atoms with Gasteiger partial charge in [-0.15, -0.1) is 0 Å². The Labute approximate surface area is 140 Å². The number of rotatable bonds is 4. The van der Waals surface area contributed by atoms with E-state index in [1.165, 1.54) is 0 Å². The highest BCUT2D eigenvalue weighted by Gasteiger charge is 2.05. The topological polar surface area (TPSA) is 41.9 Å². The third-order valence-electron chi connectivity index (χ3n) is 2.74. The van der Waals surface area contributed by atoms with Crippen LogP contribution in [0.5, 0.6) is 0 Å². The maximum Gasteiger partial charge on any atom is 0.206 e. The first-order chi connectivity index (χ1) is 9.99. The predicted molar refractivity (Wildman–Crippen MR) is 92.2 cm³/mol. The molecule has 0 fully saturated rings. The second-order valence-electron chi connectivity index (χ2n) is 4.92. The number of nitrogens with zero attached hydrogens (tertiary/aromatic N) is 2. The van der Waals surface area contributed by atoms with E-state index in [4.69, 9.17) is 0 Å². The summed E-state index contributed by atoms with van der Waals surface area (Å²) in [5, 5.41) is 0. The minimum absolute atomic E-state index is 0. The van der Waals surface area contributed by atoms with Crippen LogP contribution >= 0.6 is 0 Å². The van der Waals surface area contributed by atoms with Crippen LogP contribution in [0.15, 0.2) is 55.0 Å². The van der Waals surface area contributed by atoms with E-state index in [1.807, 2.05) is 71.0 Å². The van der Waals surface area contributed by atoms with Crippen LogP contribution in [0.25, 0.3) is 0 Å². The summed E-state index contributed by atoms with van der Waals surface area (Å²) in [6.45, 7) is 6.12. The summed E-state index contributed by atoms with van der Waals surface area (Å²) in [4.78, 5) is 21.3. The van der Waals surface area contributed by atoms with Crippen LogP contribution in [0.4, 0.5) is 0 Å². The van der Waals surface area contributed by atoms with Gasteiger partial charge in [0.25, 0.3) is 0 Å². The van der Waals surface area contributed by atoms with Crippen LogP contribution in [0.3, 0.4) is 0 Å². The molecule has 0 aliphatic heterocycles. The Kier molecular flexibility index (Phi) is 12.2.